The molecule has 14 rings (SSSR count). The summed E-state index contributed by atoms with van der Waals surface area (Å²) in [6, 6.07) is 84.4. The zero-order valence-corrected chi connectivity index (χ0v) is 38.0. The molecule has 0 aliphatic rings. The maximum absolute atomic E-state index is 5.24. The molecule has 0 N–H and O–H groups in total. The second-order valence-electron chi connectivity index (χ2n) is 17.6. The van der Waals surface area contributed by atoms with Gasteiger partial charge in [-0.15, -0.1) is 11.3 Å². The molecule has 0 atom stereocenters. The van der Waals surface area contributed by atoms with Crippen molar-refractivity contribution in [2.45, 2.75) is 0 Å². The Balaban J connectivity index is 0.945. The predicted molar refractivity (Wildman–Crippen MR) is 289 cm³/mol. The Bertz CT molecular complexity index is 4230. The average Bonchev–Trinajstić information content (AvgIpc) is 4.09. The van der Waals surface area contributed by atoms with Crippen molar-refractivity contribution in [2.24, 2.45) is 0 Å². The third-order valence-corrected chi connectivity index (χ3v) is 14.8. The van der Waals surface area contributed by atoms with Crippen LogP contribution in [0, 0.1) is 0 Å². The third kappa shape index (κ3) is 6.41. The fourth-order valence-electron chi connectivity index (χ4n) is 10.4. The Morgan fingerprint density at radius 1 is 0.304 bits per heavy atom. The fraction of sp³-hybridized carbons (Fsp3) is 0. The number of thiophene rings is 1. The van der Waals surface area contributed by atoms with Crippen LogP contribution < -0.4 is 0 Å². The van der Waals surface area contributed by atoms with Gasteiger partial charge in [0, 0.05) is 59.4 Å². The van der Waals surface area contributed by atoms with Gasteiger partial charge in [-0.2, -0.15) is 0 Å². The first-order chi connectivity index (χ1) is 34.2. The molecular formula is C63H39N5S. The first-order valence-electron chi connectivity index (χ1n) is 23.3. The Labute approximate surface area is 401 Å². The van der Waals surface area contributed by atoms with Crippen molar-refractivity contribution in [3.63, 3.8) is 0 Å². The molecule has 0 spiro atoms. The number of nitrogens with zero attached hydrogens (tertiary/aromatic N) is 5. The van der Waals surface area contributed by atoms with Crippen LogP contribution in [0.5, 0.6) is 0 Å². The van der Waals surface area contributed by atoms with Gasteiger partial charge in [0.25, 0.3) is 0 Å². The second kappa shape index (κ2) is 15.8. The molecule has 4 heterocycles. The maximum atomic E-state index is 5.24. The van der Waals surface area contributed by atoms with E-state index in [1.54, 1.807) is 0 Å². The van der Waals surface area contributed by atoms with E-state index in [1.807, 2.05) is 29.5 Å². The van der Waals surface area contributed by atoms with Crippen LogP contribution in [0.25, 0.3) is 132 Å². The molecule has 14 aromatic rings. The lowest BCUT2D eigenvalue weighted by Gasteiger charge is -2.11. The van der Waals surface area contributed by atoms with Crippen LogP contribution in [0.2, 0.25) is 0 Å². The number of aromatic nitrogens is 5. The number of hydrogen-bond acceptors (Lipinski definition) is 4. The summed E-state index contributed by atoms with van der Waals surface area (Å²) >= 11 is 1.87. The lowest BCUT2D eigenvalue weighted by Crippen LogP contribution is -2.00. The maximum Gasteiger partial charge on any atom is 0.164 e. The van der Waals surface area contributed by atoms with Gasteiger partial charge in [-0.3, -0.25) is 0 Å². The van der Waals surface area contributed by atoms with E-state index in [4.69, 9.17) is 15.0 Å². The van der Waals surface area contributed by atoms with Crippen LogP contribution in [0.15, 0.2) is 237 Å². The van der Waals surface area contributed by atoms with E-state index in [-0.39, 0.29) is 0 Å². The highest BCUT2D eigenvalue weighted by atomic mass is 32.1. The first kappa shape index (κ1) is 39.2. The molecule has 0 aliphatic carbocycles. The van der Waals surface area contributed by atoms with Gasteiger partial charge in [-0.25, -0.2) is 15.0 Å². The minimum Gasteiger partial charge on any atom is -0.309 e. The van der Waals surface area contributed by atoms with Crippen LogP contribution in [-0.2, 0) is 0 Å². The van der Waals surface area contributed by atoms with Gasteiger partial charge >= 0.3 is 0 Å². The van der Waals surface area contributed by atoms with E-state index < -0.39 is 0 Å². The summed E-state index contributed by atoms with van der Waals surface area (Å²) in [5.41, 5.74) is 14.4. The van der Waals surface area contributed by atoms with Crippen LogP contribution in [0.3, 0.4) is 0 Å². The molecule has 6 heteroatoms. The van der Waals surface area contributed by atoms with Gasteiger partial charge in [0.2, 0.25) is 0 Å². The SMILES string of the molecule is c1ccc(-c2cccc(-c3ccc(-c4nc(-c5ccccc5)nc(-c5ccc6c7ccc8c(sc9cccc(-n%10c%11ccccc%11c%11ccccc%11%10)c98)c7n(-c7ccccc7)c6c5)n4)cc3)c2)cc1. The van der Waals surface area contributed by atoms with Gasteiger partial charge in [0.1, 0.15) is 0 Å². The summed E-state index contributed by atoms with van der Waals surface area (Å²) in [6.45, 7) is 0. The van der Waals surface area contributed by atoms with Crippen molar-refractivity contribution in [3.05, 3.63) is 237 Å². The van der Waals surface area contributed by atoms with E-state index in [0.29, 0.717) is 17.5 Å². The van der Waals surface area contributed by atoms with E-state index in [2.05, 4.69) is 228 Å². The molecule has 69 heavy (non-hydrogen) atoms. The van der Waals surface area contributed by atoms with Crippen LogP contribution in [-0.4, -0.2) is 24.1 Å². The number of hydrogen-bond donors (Lipinski definition) is 0. The Morgan fingerprint density at radius 2 is 0.783 bits per heavy atom. The molecule has 4 aromatic heterocycles. The molecule has 5 nitrogen and oxygen atoms in total. The summed E-state index contributed by atoms with van der Waals surface area (Å²) in [5.74, 6) is 1.87. The molecule has 10 aromatic carbocycles. The molecule has 0 fully saturated rings. The largest absolute Gasteiger partial charge is 0.309 e. The summed E-state index contributed by atoms with van der Waals surface area (Å²) in [7, 11) is 0. The lowest BCUT2D eigenvalue weighted by atomic mass is 9.98. The van der Waals surface area contributed by atoms with Gasteiger partial charge in [-0.1, -0.05) is 188 Å². The van der Waals surface area contributed by atoms with E-state index in [0.717, 1.165) is 39.0 Å². The standard InChI is InChI=1S/C63H39N5S/c1-4-16-40(17-5-1)44-20-14-21-45(38-44)41-30-32-43(33-31-41)62-64-61(42-18-6-2-7-19-42)65-63(66-62)46-34-35-50-51-36-37-52-58-55(68-53-26-12-10-24-48(53)49-25-11-13-27-54(49)68)28-15-29-57(58)69-60(52)59(51)67(56(50)39-46)47-22-8-3-9-23-47/h1-39H. The highest BCUT2D eigenvalue weighted by Gasteiger charge is 2.22. The fourth-order valence-corrected chi connectivity index (χ4v) is 11.6. The Morgan fingerprint density at radius 3 is 1.46 bits per heavy atom. The van der Waals surface area contributed by atoms with Crippen molar-refractivity contribution in [1.29, 1.82) is 0 Å². The molecule has 0 bridgehead atoms. The number of rotatable bonds is 7. The van der Waals surface area contributed by atoms with E-state index in [1.165, 1.54) is 75.1 Å². The van der Waals surface area contributed by atoms with E-state index >= 15 is 0 Å². The van der Waals surface area contributed by atoms with Gasteiger partial charge in [0.05, 0.1) is 32.5 Å². The van der Waals surface area contributed by atoms with Crippen molar-refractivity contribution in [3.8, 4) is 67.8 Å². The van der Waals surface area contributed by atoms with Crippen LogP contribution in [0.1, 0.15) is 0 Å². The third-order valence-electron chi connectivity index (χ3n) is 13.6. The summed E-state index contributed by atoms with van der Waals surface area (Å²) in [5, 5.41) is 7.39. The quantitative estimate of drug-likeness (QED) is 0.160. The van der Waals surface area contributed by atoms with Crippen molar-refractivity contribution < 1.29 is 0 Å². The highest BCUT2D eigenvalue weighted by molar-refractivity contribution is 7.26. The van der Waals surface area contributed by atoms with Gasteiger partial charge in [-0.05, 0) is 70.8 Å². The Hall–Kier alpha value is -8.97. The van der Waals surface area contributed by atoms with Crippen molar-refractivity contribution >= 4 is 75.1 Å². The zero-order valence-electron chi connectivity index (χ0n) is 37.2. The van der Waals surface area contributed by atoms with E-state index in [9.17, 15) is 0 Å². The minimum absolute atomic E-state index is 0.619. The van der Waals surface area contributed by atoms with Gasteiger partial charge < -0.3 is 9.13 Å². The normalized spacial score (nSPS) is 11.8. The van der Waals surface area contributed by atoms with Crippen LogP contribution >= 0.6 is 11.3 Å². The number of benzene rings is 10. The molecule has 0 saturated carbocycles. The molecular weight excluding hydrogens is 859 g/mol. The molecule has 0 unspecified atom stereocenters. The zero-order chi connectivity index (χ0) is 45.4. The summed E-state index contributed by atoms with van der Waals surface area (Å²) in [4.78, 5) is 15.5. The smallest absolute Gasteiger partial charge is 0.164 e. The number of fused-ring (bicyclic) bond motifs is 10. The molecule has 322 valence electrons. The first-order valence-corrected chi connectivity index (χ1v) is 24.1. The molecule has 0 amide bonds. The molecule has 0 aliphatic heterocycles. The highest BCUT2D eigenvalue weighted by Crippen LogP contribution is 2.46. The second-order valence-corrected chi connectivity index (χ2v) is 18.6. The van der Waals surface area contributed by atoms with Gasteiger partial charge in [0.15, 0.2) is 17.5 Å². The van der Waals surface area contributed by atoms with Crippen molar-refractivity contribution in [2.75, 3.05) is 0 Å². The number of para-hydroxylation sites is 3. The molecule has 0 radical (unpaired) electrons. The van der Waals surface area contributed by atoms with Crippen LogP contribution in [0.4, 0.5) is 0 Å². The predicted octanol–water partition coefficient (Wildman–Crippen LogP) is 16.8. The lowest BCUT2D eigenvalue weighted by molar-refractivity contribution is 1.07. The minimum atomic E-state index is 0.619. The average molecular weight is 898 g/mol. The monoisotopic (exact) mass is 897 g/mol. The van der Waals surface area contributed by atoms with Crippen molar-refractivity contribution in [1.82, 2.24) is 24.1 Å². The summed E-state index contributed by atoms with van der Waals surface area (Å²) in [6.07, 6.45) is 0. The molecule has 0 saturated heterocycles. The topological polar surface area (TPSA) is 48.5 Å². The summed E-state index contributed by atoms with van der Waals surface area (Å²) < 4.78 is 7.40. The Kier molecular flexibility index (Phi) is 9.00.